The van der Waals surface area contributed by atoms with E-state index in [0.717, 1.165) is 24.2 Å². The smallest absolute Gasteiger partial charge is 0.286 e. The number of carbonyl (C=O) groups excluding carboxylic acids is 2. The van der Waals surface area contributed by atoms with Crippen LogP contribution in [0, 0.1) is 0 Å². The molecule has 0 radical (unpaired) electrons. The quantitative estimate of drug-likeness (QED) is 0.510. The van der Waals surface area contributed by atoms with Gasteiger partial charge in [0.2, 0.25) is 5.01 Å². The molecule has 1 saturated carbocycles. The molecule has 10 heteroatoms. The van der Waals surface area contributed by atoms with Crippen molar-refractivity contribution in [2.24, 2.45) is 0 Å². The molecule has 2 N–H and O–H groups in total. The van der Waals surface area contributed by atoms with Crippen LogP contribution in [-0.2, 0) is 6.61 Å². The van der Waals surface area contributed by atoms with Gasteiger partial charge >= 0.3 is 0 Å². The zero-order chi connectivity index (χ0) is 22.5. The highest BCUT2D eigenvalue weighted by atomic mass is 32.1. The molecular formula is C22H22N4O5S. The highest BCUT2D eigenvalue weighted by molar-refractivity contribution is 7.13. The summed E-state index contributed by atoms with van der Waals surface area (Å²) in [7, 11) is 3.11. The Morgan fingerprint density at radius 1 is 1.00 bits per heavy atom. The van der Waals surface area contributed by atoms with E-state index in [2.05, 4.69) is 20.8 Å². The standard InChI is InChI=1S/C22H22N4O5S/c1-29-17-10-9-16(11-18(17)30-2)31-12-19-25-26-22(32-19)21(28)24-14-5-3-13(4-6-14)20(27)23-15-7-8-15/h3-6,9-11,15H,7-8,12H2,1-2H3,(H,23,27)(H,24,28). The molecule has 1 aliphatic carbocycles. The number of hydrogen-bond acceptors (Lipinski definition) is 8. The van der Waals surface area contributed by atoms with Crippen LogP contribution >= 0.6 is 11.3 Å². The first-order chi connectivity index (χ1) is 15.6. The van der Waals surface area contributed by atoms with Crippen LogP contribution in [0.25, 0.3) is 0 Å². The van der Waals surface area contributed by atoms with Gasteiger partial charge in [0.1, 0.15) is 12.4 Å². The van der Waals surface area contributed by atoms with Crippen molar-refractivity contribution in [2.45, 2.75) is 25.5 Å². The third kappa shape index (κ3) is 5.33. The molecule has 32 heavy (non-hydrogen) atoms. The van der Waals surface area contributed by atoms with E-state index in [1.807, 2.05) is 0 Å². The van der Waals surface area contributed by atoms with Gasteiger partial charge in [0.05, 0.1) is 14.2 Å². The van der Waals surface area contributed by atoms with Crippen LogP contribution in [0.2, 0.25) is 0 Å². The van der Waals surface area contributed by atoms with Gasteiger partial charge in [0, 0.05) is 23.4 Å². The average molecular weight is 455 g/mol. The Morgan fingerprint density at radius 2 is 1.75 bits per heavy atom. The third-order valence-corrected chi connectivity index (χ3v) is 5.59. The van der Waals surface area contributed by atoms with E-state index in [4.69, 9.17) is 14.2 Å². The first-order valence-electron chi connectivity index (χ1n) is 9.95. The number of aromatic nitrogens is 2. The molecule has 1 aromatic heterocycles. The average Bonchev–Trinajstić information content (AvgIpc) is 3.50. The van der Waals surface area contributed by atoms with Crippen LogP contribution in [0.4, 0.5) is 5.69 Å². The Morgan fingerprint density at radius 3 is 2.44 bits per heavy atom. The molecule has 1 aliphatic rings. The van der Waals surface area contributed by atoms with Gasteiger partial charge in [-0.2, -0.15) is 0 Å². The molecule has 9 nitrogen and oxygen atoms in total. The lowest BCUT2D eigenvalue weighted by Gasteiger charge is -2.09. The van der Waals surface area contributed by atoms with Crippen molar-refractivity contribution in [3.63, 3.8) is 0 Å². The minimum atomic E-state index is -0.380. The fraction of sp³-hybridized carbons (Fsp3) is 0.273. The first-order valence-corrected chi connectivity index (χ1v) is 10.8. The monoisotopic (exact) mass is 454 g/mol. The normalized spacial score (nSPS) is 12.7. The Bertz CT molecular complexity index is 1110. The molecule has 0 saturated heterocycles. The predicted molar refractivity (Wildman–Crippen MR) is 119 cm³/mol. The van der Waals surface area contributed by atoms with Crippen molar-refractivity contribution >= 4 is 28.8 Å². The van der Waals surface area contributed by atoms with Crippen LogP contribution in [0.1, 0.15) is 38.0 Å². The zero-order valence-corrected chi connectivity index (χ0v) is 18.4. The maximum absolute atomic E-state index is 12.5. The van der Waals surface area contributed by atoms with Gasteiger partial charge in [-0.25, -0.2) is 0 Å². The van der Waals surface area contributed by atoms with Crippen LogP contribution in [0.3, 0.4) is 0 Å². The minimum Gasteiger partial charge on any atom is -0.493 e. The number of benzene rings is 2. The molecule has 2 amide bonds. The van der Waals surface area contributed by atoms with Crippen molar-refractivity contribution < 1.29 is 23.8 Å². The van der Waals surface area contributed by atoms with Crippen LogP contribution in [0.15, 0.2) is 42.5 Å². The van der Waals surface area contributed by atoms with E-state index in [1.165, 1.54) is 0 Å². The van der Waals surface area contributed by atoms with Gasteiger partial charge < -0.3 is 24.8 Å². The van der Waals surface area contributed by atoms with Crippen LogP contribution < -0.4 is 24.8 Å². The Hall–Kier alpha value is -3.66. The third-order valence-electron chi connectivity index (χ3n) is 4.70. The van der Waals surface area contributed by atoms with E-state index >= 15 is 0 Å². The van der Waals surface area contributed by atoms with E-state index in [1.54, 1.807) is 56.7 Å². The van der Waals surface area contributed by atoms with E-state index in [9.17, 15) is 9.59 Å². The summed E-state index contributed by atoms with van der Waals surface area (Å²) >= 11 is 1.14. The number of nitrogens with one attached hydrogen (secondary N) is 2. The molecule has 2 aromatic carbocycles. The second kappa shape index (κ2) is 9.65. The lowest BCUT2D eigenvalue weighted by Crippen LogP contribution is -2.25. The number of rotatable bonds is 9. The largest absolute Gasteiger partial charge is 0.493 e. The maximum atomic E-state index is 12.5. The van der Waals surface area contributed by atoms with Crippen molar-refractivity contribution in [1.82, 2.24) is 15.5 Å². The molecule has 3 aromatic rings. The molecule has 0 aliphatic heterocycles. The second-order valence-corrected chi connectivity index (χ2v) is 8.15. The lowest BCUT2D eigenvalue weighted by atomic mass is 10.2. The van der Waals surface area contributed by atoms with Crippen molar-refractivity contribution in [3.05, 3.63) is 58.0 Å². The van der Waals surface area contributed by atoms with E-state index < -0.39 is 0 Å². The fourth-order valence-electron chi connectivity index (χ4n) is 2.84. The molecule has 0 unspecified atom stereocenters. The highest BCUT2D eigenvalue weighted by Crippen LogP contribution is 2.31. The van der Waals surface area contributed by atoms with E-state index in [0.29, 0.717) is 39.5 Å². The van der Waals surface area contributed by atoms with Gasteiger partial charge in [-0.05, 0) is 49.2 Å². The van der Waals surface area contributed by atoms with Crippen LogP contribution in [0.5, 0.6) is 17.2 Å². The van der Waals surface area contributed by atoms with Gasteiger partial charge in [0.15, 0.2) is 16.5 Å². The number of anilines is 1. The minimum absolute atomic E-state index is 0.103. The number of methoxy groups -OCH3 is 2. The summed E-state index contributed by atoms with van der Waals surface area (Å²) in [6.45, 7) is 0.158. The molecule has 1 heterocycles. The molecule has 166 valence electrons. The summed E-state index contributed by atoms with van der Waals surface area (Å²) in [5.74, 6) is 1.25. The predicted octanol–water partition coefficient (Wildman–Crippen LogP) is 3.28. The van der Waals surface area contributed by atoms with Gasteiger partial charge in [-0.15, -0.1) is 10.2 Å². The Balaban J connectivity index is 1.32. The Labute approximate surface area is 188 Å². The first kappa shape index (κ1) is 21.6. The number of nitrogens with zero attached hydrogens (tertiary/aromatic N) is 2. The summed E-state index contributed by atoms with van der Waals surface area (Å²) in [5, 5.41) is 14.4. The number of carbonyl (C=O) groups is 2. The van der Waals surface area contributed by atoms with Gasteiger partial charge in [-0.1, -0.05) is 11.3 Å². The molecule has 0 atom stereocenters. The zero-order valence-electron chi connectivity index (χ0n) is 17.6. The maximum Gasteiger partial charge on any atom is 0.286 e. The summed E-state index contributed by atoms with van der Waals surface area (Å²) in [4.78, 5) is 24.5. The molecular weight excluding hydrogens is 432 g/mol. The van der Waals surface area contributed by atoms with E-state index in [-0.39, 0.29) is 23.4 Å². The molecule has 1 fully saturated rings. The molecule has 4 rings (SSSR count). The Kier molecular flexibility index (Phi) is 6.50. The summed E-state index contributed by atoms with van der Waals surface area (Å²) in [5.41, 5.74) is 1.12. The van der Waals surface area contributed by atoms with Gasteiger partial charge in [0.25, 0.3) is 11.8 Å². The van der Waals surface area contributed by atoms with Gasteiger partial charge in [-0.3, -0.25) is 9.59 Å². The van der Waals surface area contributed by atoms with Crippen LogP contribution in [-0.4, -0.2) is 42.3 Å². The fourth-order valence-corrected chi connectivity index (χ4v) is 3.49. The second-order valence-electron chi connectivity index (χ2n) is 7.09. The number of ether oxygens (including phenoxy) is 3. The summed E-state index contributed by atoms with van der Waals surface area (Å²) < 4.78 is 16.2. The topological polar surface area (TPSA) is 112 Å². The van der Waals surface area contributed by atoms with Crippen molar-refractivity contribution in [3.8, 4) is 17.2 Å². The summed E-state index contributed by atoms with van der Waals surface area (Å²) in [6, 6.07) is 12.2. The molecule has 0 spiro atoms. The summed E-state index contributed by atoms with van der Waals surface area (Å²) in [6.07, 6.45) is 2.06. The SMILES string of the molecule is COc1ccc(OCc2nnc(C(=O)Nc3ccc(C(=O)NC4CC4)cc3)s2)cc1OC. The molecule has 0 bridgehead atoms. The lowest BCUT2D eigenvalue weighted by molar-refractivity contribution is 0.0950. The van der Waals surface area contributed by atoms with Crippen molar-refractivity contribution in [2.75, 3.05) is 19.5 Å². The van der Waals surface area contributed by atoms with Crippen molar-refractivity contribution in [1.29, 1.82) is 0 Å². The highest BCUT2D eigenvalue weighted by Gasteiger charge is 2.23. The number of hydrogen-bond donors (Lipinski definition) is 2. The number of amides is 2.